The maximum Gasteiger partial charge on any atom is 0.363 e. The maximum absolute atomic E-state index is 12.2. The van der Waals surface area contributed by atoms with Crippen LogP contribution in [0.25, 0.3) is 6.08 Å². The van der Waals surface area contributed by atoms with Crippen molar-refractivity contribution in [3.8, 4) is 17.2 Å². The Morgan fingerprint density at radius 2 is 1.96 bits per heavy atom. The van der Waals surface area contributed by atoms with E-state index in [0.29, 0.717) is 29.4 Å². The Bertz CT molecular complexity index is 930. The summed E-state index contributed by atoms with van der Waals surface area (Å²) in [5, 5.41) is 0. The summed E-state index contributed by atoms with van der Waals surface area (Å²) in [5.41, 5.74) is 1.60. The monoisotopic (exact) mass is 365 g/mol. The quantitative estimate of drug-likeness (QED) is 0.426. The number of ether oxygens (including phenoxy) is 4. The van der Waals surface area contributed by atoms with Crippen molar-refractivity contribution in [1.29, 1.82) is 0 Å². The van der Waals surface area contributed by atoms with Crippen molar-refractivity contribution in [1.82, 2.24) is 0 Å². The second-order valence-electron chi connectivity index (χ2n) is 5.58. The van der Waals surface area contributed by atoms with Crippen molar-refractivity contribution >= 4 is 17.9 Å². The van der Waals surface area contributed by atoms with Crippen molar-refractivity contribution < 1.29 is 23.7 Å². The van der Waals surface area contributed by atoms with E-state index in [4.69, 9.17) is 18.9 Å². The second-order valence-corrected chi connectivity index (χ2v) is 5.58. The fourth-order valence-corrected chi connectivity index (χ4v) is 2.49. The average molecular weight is 365 g/mol. The zero-order valence-electron chi connectivity index (χ0n) is 15.1. The van der Waals surface area contributed by atoms with Gasteiger partial charge in [-0.1, -0.05) is 24.8 Å². The number of nitrogens with zero attached hydrogens (tertiary/aromatic N) is 1. The number of rotatable bonds is 7. The molecule has 6 nitrogen and oxygen atoms in total. The maximum atomic E-state index is 12.2. The molecule has 0 radical (unpaired) electrons. The molecule has 0 amide bonds. The molecule has 3 rings (SSSR count). The van der Waals surface area contributed by atoms with Gasteiger partial charge in [0.15, 0.2) is 17.2 Å². The van der Waals surface area contributed by atoms with Crippen LogP contribution in [0.3, 0.4) is 0 Å². The van der Waals surface area contributed by atoms with Gasteiger partial charge in [-0.2, -0.15) is 0 Å². The molecule has 6 heteroatoms. The molecule has 0 N–H and O–H groups in total. The van der Waals surface area contributed by atoms with Crippen molar-refractivity contribution in [3.05, 3.63) is 71.9 Å². The molecule has 0 saturated heterocycles. The third kappa shape index (κ3) is 4.17. The van der Waals surface area contributed by atoms with Crippen LogP contribution in [0.15, 0.2) is 65.8 Å². The number of esters is 1. The smallest absolute Gasteiger partial charge is 0.363 e. The van der Waals surface area contributed by atoms with Crippen LogP contribution in [0.4, 0.5) is 0 Å². The van der Waals surface area contributed by atoms with Gasteiger partial charge in [-0.3, -0.25) is 0 Å². The van der Waals surface area contributed by atoms with Crippen LogP contribution in [0.5, 0.6) is 17.2 Å². The molecule has 2 aromatic rings. The Morgan fingerprint density at radius 1 is 1.11 bits per heavy atom. The summed E-state index contributed by atoms with van der Waals surface area (Å²) in [6, 6.07) is 12.5. The normalized spacial score (nSPS) is 14.5. The molecule has 1 aliphatic rings. The van der Waals surface area contributed by atoms with E-state index in [1.54, 1.807) is 68.8 Å². The zero-order valence-corrected chi connectivity index (χ0v) is 15.1. The summed E-state index contributed by atoms with van der Waals surface area (Å²) in [5.74, 6) is 1.52. The molecule has 27 heavy (non-hydrogen) atoms. The summed E-state index contributed by atoms with van der Waals surface area (Å²) in [4.78, 5) is 16.5. The molecule has 138 valence electrons. The third-order valence-corrected chi connectivity index (χ3v) is 3.78. The number of aliphatic imine (C=N–C) groups is 1. The lowest BCUT2D eigenvalue weighted by atomic mass is 10.1. The second kappa shape index (κ2) is 8.23. The highest BCUT2D eigenvalue weighted by atomic mass is 16.6. The lowest BCUT2D eigenvalue weighted by Gasteiger charge is -2.09. The van der Waals surface area contributed by atoms with Gasteiger partial charge in [-0.15, -0.1) is 0 Å². The molecule has 0 atom stereocenters. The zero-order chi connectivity index (χ0) is 19.2. The lowest BCUT2D eigenvalue weighted by molar-refractivity contribution is -0.129. The van der Waals surface area contributed by atoms with Crippen molar-refractivity contribution in [3.63, 3.8) is 0 Å². The Morgan fingerprint density at radius 3 is 2.70 bits per heavy atom. The predicted molar refractivity (Wildman–Crippen MR) is 102 cm³/mol. The van der Waals surface area contributed by atoms with Crippen molar-refractivity contribution in [2.24, 2.45) is 4.99 Å². The van der Waals surface area contributed by atoms with Crippen LogP contribution in [0.1, 0.15) is 11.1 Å². The first-order valence-electron chi connectivity index (χ1n) is 8.23. The summed E-state index contributed by atoms with van der Waals surface area (Å²) in [6.45, 7) is 3.99. The average Bonchev–Trinajstić information content (AvgIpc) is 3.07. The summed E-state index contributed by atoms with van der Waals surface area (Å²) in [7, 11) is 3.12. The molecule has 2 aromatic carbocycles. The Kier molecular flexibility index (Phi) is 5.56. The van der Waals surface area contributed by atoms with Gasteiger partial charge >= 0.3 is 5.97 Å². The minimum absolute atomic E-state index is 0.203. The fraction of sp³-hybridized carbons (Fsp3) is 0.143. The highest BCUT2D eigenvalue weighted by Crippen LogP contribution is 2.30. The minimum Gasteiger partial charge on any atom is -0.497 e. The number of hydrogen-bond acceptors (Lipinski definition) is 6. The van der Waals surface area contributed by atoms with E-state index < -0.39 is 5.97 Å². The number of benzene rings is 2. The summed E-state index contributed by atoms with van der Waals surface area (Å²) >= 11 is 0. The molecule has 0 saturated carbocycles. The SMILES string of the molecule is C=CCOc1ccc(/C=C2/N=C(c3cccc(OC)c3)OC2=O)cc1OC. The van der Waals surface area contributed by atoms with Gasteiger partial charge in [0.25, 0.3) is 0 Å². The first kappa shape index (κ1) is 18.3. The largest absolute Gasteiger partial charge is 0.497 e. The Balaban J connectivity index is 1.88. The van der Waals surface area contributed by atoms with Gasteiger partial charge in [-0.25, -0.2) is 9.79 Å². The van der Waals surface area contributed by atoms with Gasteiger partial charge in [-0.05, 0) is 42.0 Å². The number of methoxy groups -OCH3 is 2. The summed E-state index contributed by atoms with van der Waals surface area (Å²) in [6.07, 6.45) is 3.29. The van der Waals surface area contributed by atoms with E-state index in [0.717, 1.165) is 5.56 Å². The number of carbonyl (C=O) groups excluding carboxylic acids is 1. The molecule has 0 fully saturated rings. The van der Waals surface area contributed by atoms with Gasteiger partial charge < -0.3 is 18.9 Å². The van der Waals surface area contributed by atoms with E-state index >= 15 is 0 Å². The van der Waals surface area contributed by atoms with Crippen LogP contribution in [-0.2, 0) is 9.53 Å². The standard InChI is InChI=1S/C21H19NO5/c1-4-10-26-18-9-8-14(12-19(18)25-3)11-17-21(23)27-20(22-17)15-6-5-7-16(13-15)24-2/h4-9,11-13H,1,10H2,2-3H3/b17-11+. The number of carbonyl (C=O) groups is 1. The first-order chi connectivity index (χ1) is 13.1. The van der Waals surface area contributed by atoms with E-state index in [1.807, 2.05) is 0 Å². The molecule has 0 bridgehead atoms. The van der Waals surface area contributed by atoms with Gasteiger partial charge in [0.1, 0.15) is 12.4 Å². The van der Waals surface area contributed by atoms with Crippen molar-refractivity contribution in [2.45, 2.75) is 0 Å². The Labute approximate surface area is 157 Å². The van der Waals surface area contributed by atoms with Crippen LogP contribution < -0.4 is 14.2 Å². The topological polar surface area (TPSA) is 66.3 Å². The van der Waals surface area contributed by atoms with Gasteiger partial charge in [0.2, 0.25) is 5.90 Å². The molecule has 0 aromatic heterocycles. The number of hydrogen-bond donors (Lipinski definition) is 0. The van der Waals surface area contributed by atoms with Gasteiger partial charge in [0, 0.05) is 5.56 Å². The third-order valence-electron chi connectivity index (χ3n) is 3.78. The van der Waals surface area contributed by atoms with E-state index in [2.05, 4.69) is 11.6 Å². The Hall–Kier alpha value is -3.54. The lowest BCUT2D eigenvalue weighted by Crippen LogP contribution is -2.05. The van der Waals surface area contributed by atoms with Gasteiger partial charge in [0.05, 0.1) is 14.2 Å². The first-order valence-corrected chi connectivity index (χ1v) is 8.23. The molecule has 0 spiro atoms. The van der Waals surface area contributed by atoms with E-state index in [9.17, 15) is 4.79 Å². The van der Waals surface area contributed by atoms with Crippen LogP contribution in [-0.4, -0.2) is 32.7 Å². The van der Waals surface area contributed by atoms with Crippen molar-refractivity contribution in [2.75, 3.05) is 20.8 Å². The predicted octanol–water partition coefficient (Wildman–Crippen LogP) is 3.61. The highest BCUT2D eigenvalue weighted by Gasteiger charge is 2.24. The molecular formula is C21H19NO5. The summed E-state index contributed by atoms with van der Waals surface area (Å²) < 4.78 is 21.3. The molecule has 1 aliphatic heterocycles. The number of cyclic esters (lactones) is 1. The molecule has 1 heterocycles. The van der Waals surface area contributed by atoms with E-state index in [1.165, 1.54) is 0 Å². The molecular weight excluding hydrogens is 346 g/mol. The van der Waals surface area contributed by atoms with Crippen LogP contribution in [0.2, 0.25) is 0 Å². The van der Waals surface area contributed by atoms with E-state index in [-0.39, 0.29) is 11.6 Å². The van der Waals surface area contributed by atoms with Crippen LogP contribution >= 0.6 is 0 Å². The minimum atomic E-state index is -0.515. The highest BCUT2D eigenvalue weighted by molar-refractivity contribution is 6.13. The fourth-order valence-electron chi connectivity index (χ4n) is 2.49. The molecule has 0 aliphatic carbocycles. The molecule has 0 unspecified atom stereocenters. The van der Waals surface area contributed by atoms with Crippen LogP contribution in [0, 0.1) is 0 Å².